The molecular weight excluding hydrogens is 795 g/mol. The minimum absolute atomic E-state index is 0.00473. The van der Waals surface area contributed by atoms with Crippen LogP contribution in [0, 0.1) is 5.92 Å². The van der Waals surface area contributed by atoms with Crippen LogP contribution in [0.2, 0.25) is 5.02 Å². The predicted octanol–water partition coefficient (Wildman–Crippen LogP) is 5.16. The van der Waals surface area contributed by atoms with E-state index in [4.69, 9.17) is 16.3 Å². The zero-order valence-electron chi connectivity index (χ0n) is 33.4. The van der Waals surface area contributed by atoms with Crippen molar-refractivity contribution >= 4 is 46.8 Å². The zero-order valence-corrected chi connectivity index (χ0v) is 34.2. The third kappa shape index (κ3) is 10.5. The van der Waals surface area contributed by atoms with Crippen molar-refractivity contribution in [1.82, 2.24) is 44.3 Å². The van der Waals surface area contributed by atoms with Gasteiger partial charge in [0.25, 0.3) is 11.8 Å². The fourth-order valence-electron chi connectivity index (χ4n) is 6.84. The Labute approximate surface area is 344 Å². The minimum Gasteiger partial charge on any atom is -0.444 e. The van der Waals surface area contributed by atoms with Gasteiger partial charge in [0.2, 0.25) is 5.91 Å². The van der Waals surface area contributed by atoms with E-state index in [0.29, 0.717) is 38.4 Å². The van der Waals surface area contributed by atoms with E-state index in [-0.39, 0.29) is 63.5 Å². The second-order valence-electron chi connectivity index (χ2n) is 15.5. The molecule has 16 nitrogen and oxygen atoms in total. The summed E-state index contributed by atoms with van der Waals surface area (Å²) >= 11 is 6.53. The second-order valence-corrected chi connectivity index (χ2v) is 15.9. The van der Waals surface area contributed by atoms with Crippen molar-refractivity contribution in [3.05, 3.63) is 71.0 Å². The molecule has 5 heterocycles. The molecule has 3 aromatic heterocycles. The van der Waals surface area contributed by atoms with E-state index in [9.17, 15) is 32.3 Å². The average Bonchev–Trinajstić information content (AvgIpc) is 3.80. The molecule has 59 heavy (non-hydrogen) atoms. The fraction of sp³-hybridized carbons (Fsp3) is 0.462. The number of benzene rings is 1. The number of hydrogen-bond acceptors (Lipinski definition) is 10. The Hall–Kier alpha value is -5.69. The summed E-state index contributed by atoms with van der Waals surface area (Å²) in [6.45, 7) is 9.20. The van der Waals surface area contributed by atoms with Gasteiger partial charge in [0.1, 0.15) is 5.60 Å². The molecule has 2 saturated heterocycles. The standard InChI is InChI=1S/C39H47ClF3N11O5/c1-38(2,3)59-37(58)45-13-12-44-26-7-9-31(46-21-26)54-23-28(32(49-54)39(41,42)43)30-22-47-33(51(30)5)34(55)48-25-6-8-27(29(40)20-25)36(57)53-18-16-52(17-19-53)35(56)24-10-14-50(4)15-11-24/h6-9,20-24,44H,10-19H2,1-5H3,(H,45,58)(H,48,55). The molecule has 0 aliphatic carbocycles. The van der Waals surface area contributed by atoms with E-state index >= 15 is 0 Å². The lowest BCUT2D eigenvalue weighted by molar-refractivity contribution is -0.141. The van der Waals surface area contributed by atoms with Crippen molar-refractivity contribution < 1.29 is 37.1 Å². The molecule has 2 aliphatic rings. The van der Waals surface area contributed by atoms with Gasteiger partial charge < -0.3 is 40.0 Å². The molecule has 2 fully saturated rings. The summed E-state index contributed by atoms with van der Waals surface area (Å²) in [5.41, 5.74) is -1.18. The van der Waals surface area contributed by atoms with E-state index in [0.717, 1.165) is 43.0 Å². The van der Waals surface area contributed by atoms with Crippen molar-refractivity contribution in [3.63, 3.8) is 0 Å². The van der Waals surface area contributed by atoms with Gasteiger partial charge in [0.15, 0.2) is 17.3 Å². The van der Waals surface area contributed by atoms with Crippen molar-refractivity contribution in [2.75, 3.05) is 70.0 Å². The number of aromatic nitrogens is 5. The van der Waals surface area contributed by atoms with Gasteiger partial charge in [-0.1, -0.05) is 11.6 Å². The van der Waals surface area contributed by atoms with E-state index in [1.165, 1.54) is 42.1 Å². The normalized spacial score (nSPS) is 15.5. The van der Waals surface area contributed by atoms with Crippen LogP contribution in [0.3, 0.4) is 0 Å². The number of imidazole rings is 1. The maximum atomic E-state index is 14.3. The van der Waals surface area contributed by atoms with E-state index in [1.807, 2.05) is 11.9 Å². The first-order valence-electron chi connectivity index (χ1n) is 19.1. The van der Waals surface area contributed by atoms with Crippen LogP contribution in [0.1, 0.15) is 60.3 Å². The predicted molar refractivity (Wildman–Crippen MR) is 213 cm³/mol. The van der Waals surface area contributed by atoms with Crippen molar-refractivity contribution in [2.45, 2.75) is 45.4 Å². The van der Waals surface area contributed by atoms with E-state index in [2.05, 4.69) is 35.9 Å². The molecule has 0 radical (unpaired) electrons. The highest BCUT2D eigenvalue weighted by atomic mass is 35.5. The lowest BCUT2D eigenvalue weighted by atomic mass is 9.95. The van der Waals surface area contributed by atoms with E-state index < -0.39 is 29.5 Å². The van der Waals surface area contributed by atoms with Crippen LogP contribution in [0.15, 0.2) is 48.9 Å². The minimum atomic E-state index is -4.86. The van der Waals surface area contributed by atoms with Crippen LogP contribution < -0.4 is 16.0 Å². The summed E-state index contributed by atoms with van der Waals surface area (Å²) in [5.74, 6) is -0.993. The maximum absolute atomic E-state index is 14.3. The number of alkyl carbamates (subject to hydrolysis) is 1. The Morgan fingerprint density at radius 1 is 0.881 bits per heavy atom. The van der Waals surface area contributed by atoms with Crippen molar-refractivity contribution in [1.29, 1.82) is 0 Å². The third-order valence-corrected chi connectivity index (χ3v) is 10.3. The van der Waals surface area contributed by atoms with Gasteiger partial charge in [-0.15, -0.1) is 0 Å². The summed E-state index contributed by atoms with van der Waals surface area (Å²) in [4.78, 5) is 65.7. The molecule has 316 valence electrons. The quantitative estimate of drug-likeness (QED) is 0.181. The third-order valence-electron chi connectivity index (χ3n) is 9.96. The number of carbonyl (C=O) groups excluding carboxylic acids is 4. The fourth-order valence-corrected chi connectivity index (χ4v) is 7.10. The van der Waals surface area contributed by atoms with Crippen molar-refractivity contribution in [3.8, 4) is 17.1 Å². The molecule has 1 aromatic carbocycles. The van der Waals surface area contributed by atoms with Crippen LogP contribution in [0.5, 0.6) is 0 Å². The average molecular weight is 842 g/mol. The summed E-state index contributed by atoms with van der Waals surface area (Å²) < 4.78 is 50.3. The number of piperidine rings is 1. The van der Waals surface area contributed by atoms with Crippen molar-refractivity contribution in [2.24, 2.45) is 13.0 Å². The SMILES string of the molecule is CN1CCC(C(=O)N2CCN(C(=O)c3ccc(NC(=O)c4ncc(-c5cn(-c6ccc(NCCNC(=O)OC(C)(C)C)cn6)nc5C(F)(F)F)n4C)cc3Cl)CC2)CC1. The number of nitrogens with one attached hydrogen (secondary N) is 3. The highest BCUT2D eigenvalue weighted by molar-refractivity contribution is 6.34. The Bertz CT molecular complexity index is 2170. The summed E-state index contributed by atoms with van der Waals surface area (Å²) in [7, 11) is 3.45. The number of likely N-dealkylation sites (tertiary alicyclic amines) is 1. The second kappa shape index (κ2) is 17.7. The number of piperazine rings is 1. The van der Waals surface area contributed by atoms with Crippen LogP contribution in [0.25, 0.3) is 17.1 Å². The molecule has 4 amide bonds. The molecule has 20 heteroatoms. The molecule has 0 unspecified atom stereocenters. The molecule has 0 spiro atoms. The zero-order chi connectivity index (χ0) is 42.6. The number of amides is 4. The topological polar surface area (TPSA) is 172 Å². The van der Waals surface area contributed by atoms with Gasteiger partial charge in [0.05, 0.1) is 39.9 Å². The molecular formula is C39H47ClF3N11O5. The molecule has 4 aromatic rings. The summed E-state index contributed by atoms with van der Waals surface area (Å²) in [6, 6.07) is 7.49. The molecule has 2 aliphatic heterocycles. The highest BCUT2D eigenvalue weighted by Crippen LogP contribution is 2.37. The number of alkyl halides is 3. The number of nitrogens with zero attached hydrogens (tertiary/aromatic N) is 8. The van der Waals surface area contributed by atoms with Gasteiger partial charge in [-0.2, -0.15) is 18.3 Å². The first kappa shape index (κ1) is 42.9. The number of halogens is 4. The smallest absolute Gasteiger partial charge is 0.435 e. The number of pyridine rings is 1. The summed E-state index contributed by atoms with van der Waals surface area (Å²) in [6.07, 6.45) is -0.0457. The van der Waals surface area contributed by atoms with Gasteiger partial charge >= 0.3 is 12.3 Å². The molecule has 0 saturated carbocycles. The lowest BCUT2D eigenvalue weighted by Crippen LogP contribution is -2.52. The number of rotatable bonds is 10. The van der Waals surface area contributed by atoms with Crippen LogP contribution in [0.4, 0.5) is 29.3 Å². The van der Waals surface area contributed by atoms with E-state index in [1.54, 1.807) is 31.7 Å². The molecule has 3 N–H and O–H groups in total. The van der Waals surface area contributed by atoms with Crippen LogP contribution in [-0.2, 0) is 22.8 Å². The first-order valence-corrected chi connectivity index (χ1v) is 19.5. The van der Waals surface area contributed by atoms with Gasteiger partial charge in [0, 0.05) is 64.1 Å². The Morgan fingerprint density at radius 3 is 2.19 bits per heavy atom. The number of anilines is 2. The van der Waals surface area contributed by atoms with Gasteiger partial charge in [-0.25, -0.2) is 19.4 Å². The first-order chi connectivity index (χ1) is 27.9. The summed E-state index contributed by atoms with van der Waals surface area (Å²) in [5, 5.41) is 12.2. The monoisotopic (exact) mass is 841 g/mol. The molecule has 6 rings (SSSR count). The molecule has 0 atom stereocenters. The van der Waals surface area contributed by atoms with Gasteiger partial charge in [-0.3, -0.25) is 14.4 Å². The van der Waals surface area contributed by atoms with Crippen LogP contribution in [-0.4, -0.2) is 128 Å². The molecule has 0 bridgehead atoms. The van der Waals surface area contributed by atoms with Gasteiger partial charge in [-0.05, 0) is 84.1 Å². The Kier molecular flexibility index (Phi) is 12.8. The number of carbonyl (C=O) groups is 4. The Balaban J connectivity index is 1.07. The van der Waals surface area contributed by atoms with Crippen LogP contribution >= 0.6 is 11.6 Å². The number of ether oxygens (including phenoxy) is 1. The Morgan fingerprint density at radius 2 is 1.56 bits per heavy atom. The largest absolute Gasteiger partial charge is 0.444 e. The maximum Gasteiger partial charge on any atom is 0.435 e. The lowest BCUT2D eigenvalue weighted by Gasteiger charge is -2.38. The highest BCUT2D eigenvalue weighted by Gasteiger charge is 2.39. The number of hydrogen-bond donors (Lipinski definition) is 3.